The van der Waals surface area contributed by atoms with Crippen LogP contribution in [0.1, 0.15) is 77.9 Å². The Morgan fingerprint density at radius 3 is 0.791 bits per heavy atom. The first-order valence-corrected chi connectivity index (χ1v) is 37.6. The maximum Gasteiger partial charge on any atom is 0.163 e. The molecule has 0 saturated carbocycles. The molecule has 4 nitrogen and oxygen atoms in total. The fourth-order valence-corrected chi connectivity index (χ4v) is 18.6. The molecule has 0 bridgehead atoms. The third kappa shape index (κ3) is 10.7. The number of hydrogen-bond donors (Lipinski definition) is 0. The van der Waals surface area contributed by atoms with Gasteiger partial charge in [-0.2, -0.15) is 0 Å². The lowest BCUT2D eigenvalue weighted by atomic mass is 9.67. The molecule has 0 fully saturated rings. The Labute approximate surface area is 658 Å². The number of benzene rings is 16. The number of ether oxygens (including phenoxy) is 2. The normalized spacial score (nSPS) is 16.0. The highest BCUT2D eigenvalue weighted by Crippen LogP contribution is 2.66. The van der Waals surface area contributed by atoms with Crippen LogP contribution >= 0.6 is 0 Å². The monoisotopic (exact) mass is 1510 g/mol. The summed E-state index contributed by atoms with van der Waals surface area (Å²) >= 11 is 0. The zero-order valence-electron chi connectivity index (χ0n) is 61.1. The summed E-state index contributed by atoms with van der Waals surface area (Å²) in [7, 11) is 0. The molecule has 2 atom stereocenters. The van der Waals surface area contributed by atoms with Crippen molar-refractivity contribution < 1.29 is 44.6 Å². The van der Waals surface area contributed by atoms with E-state index in [4.69, 9.17) is 9.47 Å². The summed E-state index contributed by atoms with van der Waals surface area (Å²) in [5.41, 5.74) is 13.7. The maximum absolute atomic E-state index is 17.5. The highest BCUT2D eigenvalue weighted by molar-refractivity contribution is 5.99. The van der Waals surface area contributed by atoms with E-state index in [9.17, 15) is 0 Å². The SMILES string of the molecule is C=Cc1ccc(Oc2ccc(C3(c4cc(F)cc(F)c4F)c4ccccc4-c4ccc(N(c5ccc(F)cc5)c5ccc6c(c5)C5(c7ccccc7-6)c6ccccc6-c6ccc(N(c7ccc(F)cc7)c7ccc8c(c7)C(c7ccc(Oc9ccc(C=C)cc9)cc7)(c7cc(F)cc(F)c7F)c7ccccc7-8)cc65)cc43)cc2)cc1. The van der Waals surface area contributed by atoms with Crippen molar-refractivity contribution >= 4 is 46.3 Å². The van der Waals surface area contributed by atoms with Gasteiger partial charge in [0, 0.05) is 57.4 Å². The Balaban J connectivity index is 0.775. The number of rotatable bonds is 16. The van der Waals surface area contributed by atoms with E-state index in [0.29, 0.717) is 125 Å². The summed E-state index contributed by atoms with van der Waals surface area (Å²) in [5, 5.41) is 0. The van der Waals surface area contributed by atoms with Crippen molar-refractivity contribution in [3.8, 4) is 67.5 Å². The third-order valence-electron chi connectivity index (χ3n) is 23.4. The standard InChI is InChI=1S/C103H62F8N2O2/c1-3-61-21-41-75(42-22-61)114-77-45-25-63(26-46-77)101(95-53-67(106)55-97(108)99(95)110)87-17-9-5-13-79(87)83-49-37-71(57-91(83)101)112(69-33-29-65(104)30-34-69)73-39-51-85-81-15-7-11-19-89(81)103(93(85)59-73)90-20-12-8-16-82(90)86-52-40-74(60-94(86)103)113(70-35-31-66(105)32-36-70)72-38-50-84-80-14-6-10-18-88(80)102(92(84)58-72,96-54-68(107)56-98(109)100(96)111)64-27-47-78(48-28-64)115-76-43-23-62(4-2)24-44-76/h3-60H,1-2H2. The van der Waals surface area contributed by atoms with Crippen LogP contribution in [0.2, 0.25) is 0 Å². The minimum absolute atomic E-state index is 0.255. The van der Waals surface area contributed by atoms with E-state index >= 15 is 35.1 Å². The van der Waals surface area contributed by atoms with Gasteiger partial charge in [-0.3, -0.25) is 0 Å². The summed E-state index contributed by atoms with van der Waals surface area (Å²) in [5.74, 6) is -6.08. The molecule has 0 N–H and O–H groups in total. The van der Waals surface area contributed by atoms with E-state index < -0.39 is 62.8 Å². The first-order chi connectivity index (χ1) is 56.1. The predicted octanol–water partition coefficient (Wildman–Crippen LogP) is 27.7. The zero-order valence-corrected chi connectivity index (χ0v) is 61.1. The van der Waals surface area contributed by atoms with Gasteiger partial charge >= 0.3 is 0 Å². The van der Waals surface area contributed by atoms with E-state index in [1.54, 1.807) is 84.9 Å². The summed E-state index contributed by atoms with van der Waals surface area (Å²) in [6.45, 7) is 7.74. The third-order valence-corrected chi connectivity index (χ3v) is 23.4. The molecule has 0 heterocycles. The lowest BCUT2D eigenvalue weighted by Gasteiger charge is -2.36. The smallest absolute Gasteiger partial charge is 0.163 e. The van der Waals surface area contributed by atoms with Crippen LogP contribution in [-0.2, 0) is 16.2 Å². The van der Waals surface area contributed by atoms with Crippen LogP contribution in [0.15, 0.2) is 353 Å². The highest BCUT2D eigenvalue weighted by Gasteiger charge is 2.54. The minimum Gasteiger partial charge on any atom is -0.457 e. The minimum atomic E-state index is -1.71. The summed E-state index contributed by atoms with van der Waals surface area (Å²) in [4.78, 5) is 4.02. The molecule has 12 heteroatoms. The molecular weight excluding hydrogens is 1450 g/mol. The fraction of sp³-hybridized carbons (Fsp3) is 0.0291. The van der Waals surface area contributed by atoms with E-state index in [1.165, 1.54) is 24.3 Å². The zero-order chi connectivity index (χ0) is 78.2. The Bertz CT molecular complexity index is 6280. The van der Waals surface area contributed by atoms with E-state index in [-0.39, 0.29) is 11.1 Å². The maximum atomic E-state index is 17.5. The van der Waals surface area contributed by atoms with Crippen molar-refractivity contribution in [3.05, 3.63) is 477 Å². The molecule has 20 rings (SSSR count). The molecule has 0 radical (unpaired) electrons. The molecule has 115 heavy (non-hydrogen) atoms. The van der Waals surface area contributed by atoms with Crippen LogP contribution in [0, 0.1) is 46.5 Å². The van der Waals surface area contributed by atoms with Crippen molar-refractivity contribution in [3.63, 3.8) is 0 Å². The molecule has 552 valence electrons. The molecule has 1 spiro atoms. The lowest BCUT2D eigenvalue weighted by Crippen LogP contribution is -2.30. The Morgan fingerprint density at radius 2 is 0.487 bits per heavy atom. The van der Waals surface area contributed by atoms with Crippen molar-refractivity contribution in [2.24, 2.45) is 0 Å². The molecule has 0 saturated heterocycles. The van der Waals surface area contributed by atoms with Gasteiger partial charge in [0.05, 0.1) is 16.2 Å². The van der Waals surface area contributed by atoms with Crippen molar-refractivity contribution in [2.75, 3.05) is 9.80 Å². The predicted molar refractivity (Wildman–Crippen MR) is 440 cm³/mol. The largest absolute Gasteiger partial charge is 0.457 e. The molecule has 0 aromatic heterocycles. The topological polar surface area (TPSA) is 24.9 Å². The van der Waals surface area contributed by atoms with E-state index in [1.807, 2.05) is 180 Å². The molecule has 4 aliphatic rings. The molecule has 16 aromatic carbocycles. The average Bonchev–Trinajstić information content (AvgIpc) is 1.52. The Morgan fingerprint density at radius 1 is 0.226 bits per heavy atom. The quantitative estimate of drug-likeness (QED) is 0.0711. The van der Waals surface area contributed by atoms with Crippen LogP contribution < -0.4 is 19.3 Å². The molecule has 0 aliphatic heterocycles. The van der Waals surface area contributed by atoms with Crippen LogP contribution in [-0.4, -0.2) is 0 Å². The van der Waals surface area contributed by atoms with E-state index in [0.717, 1.165) is 67.8 Å². The lowest BCUT2D eigenvalue weighted by molar-refractivity contribution is 0.473. The van der Waals surface area contributed by atoms with Gasteiger partial charge in [0.25, 0.3) is 0 Å². The first kappa shape index (κ1) is 69.8. The van der Waals surface area contributed by atoms with Gasteiger partial charge in [0.2, 0.25) is 0 Å². The molecule has 0 amide bonds. The number of nitrogens with zero attached hydrogens (tertiary/aromatic N) is 2. The summed E-state index contributed by atoms with van der Waals surface area (Å²) < 4.78 is 144. The van der Waals surface area contributed by atoms with Gasteiger partial charge in [0.15, 0.2) is 23.3 Å². The van der Waals surface area contributed by atoms with Crippen molar-refractivity contribution in [1.82, 2.24) is 0 Å². The second kappa shape index (κ2) is 27.0. The van der Waals surface area contributed by atoms with Crippen molar-refractivity contribution in [2.45, 2.75) is 16.2 Å². The Hall–Kier alpha value is -14.4. The second-order valence-corrected chi connectivity index (χ2v) is 29.3. The summed E-state index contributed by atoms with van der Waals surface area (Å²) in [6.07, 6.45) is 3.46. The van der Waals surface area contributed by atoms with Gasteiger partial charge < -0.3 is 19.3 Å². The highest BCUT2D eigenvalue weighted by atomic mass is 19.2. The Kier molecular flexibility index (Phi) is 16.4. The molecular formula is C103H62F8N2O2. The first-order valence-electron chi connectivity index (χ1n) is 37.6. The van der Waals surface area contributed by atoms with E-state index in [2.05, 4.69) is 61.7 Å². The van der Waals surface area contributed by atoms with Crippen molar-refractivity contribution in [1.29, 1.82) is 0 Å². The number of anilines is 6. The van der Waals surface area contributed by atoms with Crippen LogP contribution in [0.4, 0.5) is 69.2 Å². The van der Waals surface area contributed by atoms with Gasteiger partial charge in [-0.05, 0) is 269 Å². The van der Waals surface area contributed by atoms with Gasteiger partial charge in [-0.15, -0.1) is 0 Å². The van der Waals surface area contributed by atoms with Crippen LogP contribution in [0.25, 0.3) is 56.7 Å². The molecule has 2 unspecified atom stereocenters. The van der Waals surface area contributed by atoms with Gasteiger partial charge in [-0.25, -0.2) is 35.1 Å². The number of fused-ring (bicyclic) bond motifs is 16. The average molecular weight is 1510 g/mol. The molecule has 16 aromatic rings. The second-order valence-electron chi connectivity index (χ2n) is 29.3. The van der Waals surface area contributed by atoms with Gasteiger partial charge in [0.1, 0.15) is 46.3 Å². The van der Waals surface area contributed by atoms with Gasteiger partial charge in [-0.1, -0.05) is 195 Å². The number of hydrogen-bond acceptors (Lipinski definition) is 4. The van der Waals surface area contributed by atoms with Crippen LogP contribution in [0.3, 0.4) is 0 Å². The number of halogens is 8. The summed E-state index contributed by atoms with van der Waals surface area (Å²) in [6, 6.07) is 100. The van der Waals surface area contributed by atoms with Crippen LogP contribution in [0.5, 0.6) is 23.0 Å². The molecule has 4 aliphatic carbocycles. The fourth-order valence-electron chi connectivity index (χ4n) is 18.6.